The van der Waals surface area contributed by atoms with Crippen molar-refractivity contribution in [2.75, 3.05) is 6.61 Å². The van der Waals surface area contributed by atoms with E-state index in [0.29, 0.717) is 0 Å². The first-order valence-corrected chi connectivity index (χ1v) is 7.58. The standard InChI is InChI=1S/C17H21N3O4/c1-9(2)8-24-12-7-6-11(15(21)22)13(18-12)14-19-16(23)17(5,20-14)10(3)4/h6-7,10H,1,8H2,2-5H3,(H,21,22)(H,19,20,23). The summed E-state index contributed by atoms with van der Waals surface area (Å²) in [4.78, 5) is 32.4. The van der Waals surface area contributed by atoms with Gasteiger partial charge in [0.1, 0.15) is 17.8 Å². The monoisotopic (exact) mass is 331 g/mol. The summed E-state index contributed by atoms with van der Waals surface area (Å²) in [5.74, 6) is -1.09. The van der Waals surface area contributed by atoms with Crippen molar-refractivity contribution in [2.45, 2.75) is 33.2 Å². The highest BCUT2D eigenvalue weighted by molar-refractivity contribution is 6.17. The molecule has 0 spiro atoms. The molecule has 1 unspecified atom stereocenters. The van der Waals surface area contributed by atoms with Gasteiger partial charge in [0.15, 0.2) is 5.84 Å². The maximum atomic E-state index is 12.3. The number of hydrogen-bond donors (Lipinski definition) is 2. The highest BCUT2D eigenvalue weighted by Crippen LogP contribution is 2.27. The number of nitrogens with zero attached hydrogens (tertiary/aromatic N) is 2. The number of aromatic nitrogens is 1. The van der Waals surface area contributed by atoms with E-state index in [0.717, 1.165) is 5.57 Å². The molecule has 7 heteroatoms. The van der Waals surface area contributed by atoms with Gasteiger partial charge in [-0.25, -0.2) is 14.8 Å². The molecule has 2 heterocycles. The van der Waals surface area contributed by atoms with Crippen LogP contribution in [-0.2, 0) is 4.79 Å². The predicted octanol–water partition coefficient (Wildman–Crippen LogP) is 2.03. The summed E-state index contributed by atoms with van der Waals surface area (Å²) in [6.45, 7) is 11.3. The summed E-state index contributed by atoms with van der Waals surface area (Å²) in [6.07, 6.45) is 0. The molecule has 1 aliphatic rings. The Bertz CT molecular complexity index is 739. The van der Waals surface area contributed by atoms with E-state index < -0.39 is 11.5 Å². The lowest BCUT2D eigenvalue weighted by molar-refractivity contribution is -0.124. The Hall–Kier alpha value is -2.70. The molecule has 0 bridgehead atoms. The number of nitrogens with one attached hydrogen (secondary N) is 1. The van der Waals surface area contributed by atoms with Gasteiger partial charge in [-0.05, 0) is 31.4 Å². The minimum atomic E-state index is -1.15. The number of carbonyl (C=O) groups is 2. The lowest BCUT2D eigenvalue weighted by Gasteiger charge is -2.21. The fourth-order valence-electron chi connectivity index (χ4n) is 2.12. The Balaban J connectivity index is 2.47. The number of ether oxygens (including phenoxy) is 1. The Morgan fingerprint density at radius 1 is 1.46 bits per heavy atom. The predicted molar refractivity (Wildman–Crippen MR) is 89.4 cm³/mol. The van der Waals surface area contributed by atoms with Crippen molar-refractivity contribution in [3.63, 3.8) is 0 Å². The molecule has 0 saturated carbocycles. The molecule has 1 aromatic heterocycles. The summed E-state index contributed by atoms with van der Waals surface area (Å²) >= 11 is 0. The van der Waals surface area contributed by atoms with Crippen molar-refractivity contribution < 1.29 is 19.4 Å². The van der Waals surface area contributed by atoms with Crippen LogP contribution in [0.1, 0.15) is 43.7 Å². The molecule has 1 aliphatic heterocycles. The van der Waals surface area contributed by atoms with Crippen LogP contribution in [0.4, 0.5) is 0 Å². The van der Waals surface area contributed by atoms with Crippen LogP contribution in [-0.4, -0.2) is 39.9 Å². The zero-order valence-electron chi connectivity index (χ0n) is 14.2. The van der Waals surface area contributed by atoms with E-state index in [1.165, 1.54) is 12.1 Å². The molecular formula is C17H21N3O4. The quantitative estimate of drug-likeness (QED) is 0.777. The summed E-state index contributed by atoms with van der Waals surface area (Å²) in [7, 11) is 0. The van der Waals surface area contributed by atoms with Gasteiger partial charge in [0, 0.05) is 6.07 Å². The number of hydrogen-bond acceptors (Lipinski definition) is 5. The van der Waals surface area contributed by atoms with Crippen molar-refractivity contribution in [1.82, 2.24) is 10.3 Å². The summed E-state index contributed by atoms with van der Waals surface area (Å²) < 4.78 is 5.46. The average Bonchev–Trinajstić information content (AvgIpc) is 2.81. The molecule has 0 saturated heterocycles. The molecule has 0 radical (unpaired) electrons. The Morgan fingerprint density at radius 2 is 2.12 bits per heavy atom. The molecule has 2 N–H and O–H groups in total. The summed E-state index contributed by atoms with van der Waals surface area (Å²) in [5, 5.41) is 12.0. The third-order valence-electron chi connectivity index (χ3n) is 3.95. The molecule has 0 aliphatic carbocycles. The Labute approximate surface area is 140 Å². The van der Waals surface area contributed by atoms with Crippen LogP contribution in [0.25, 0.3) is 0 Å². The van der Waals surface area contributed by atoms with Gasteiger partial charge >= 0.3 is 5.97 Å². The zero-order valence-corrected chi connectivity index (χ0v) is 14.2. The van der Waals surface area contributed by atoms with Gasteiger partial charge in [-0.2, -0.15) is 0 Å². The first-order valence-electron chi connectivity index (χ1n) is 7.58. The number of amides is 1. The van der Waals surface area contributed by atoms with Crippen LogP contribution in [0.5, 0.6) is 5.88 Å². The first kappa shape index (κ1) is 17.7. The van der Waals surface area contributed by atoms with Crippen molar-refractivity contribution in [3.8, 4) is 5.88 Å². The van der Waals surface area contributed by atoms with Gasteiger partial charge < -0.3 is 15.2 Å². The highest BCUT2D eigenvalue weighted by Gasteiger charge is 2.43. The number of aliphatic imine (C=N–C) groups is 1. The molecule has 128 valence electrons. The van der Waals surface area contributed by atoms with Gasteiger partial charge in [0.2, 0.25) is 5.88 Å². The number of carboxylic acid groups (broad SMARTS) is 1. The number of rotatable bonds is 6. The second kappa shape index (κ2) is 6.43. The molecule has 1 atom stereocenters. The summed E-state index contributed by atoms with van der Waals surface area (Å²) in [6, 6.07) is 2.85. The normalized spacial score (nSPS) is 19.9. The van der Waals surface area contributed by atoms with Crippen LogP contribution < -0.4 is 10.1 Å². The molecule has 24 heavy (non-hydrogen) atoms. The number of carbonyl (C=O) groups excluding carboxylic acids is 1. The zero-order chi connectivity index (χ0) is 18.1. The van der Waals surface area contributed by atoms with Gasteiger partial charge in [-0.3, -0.25) is 4.79 Å². The minimum absolute atomic E-state index is 0.0499. The lowest BCUT2D eigenvalue weighted by atomic mass is 9.89. The average molecular weight is 331 g/mol. The van der Waals surface area contributed by atoms with E-state index in [1.807, 2.05) is 20.8 Å². The maximum absolute atomic E-state index is 12.3. The van der Waals surface area contributed by atoms with Crippen LogP contribution >= 0.6 is 0 Å². The lowest BCUT2D eigenvalue weighted by Crippen LogP contribution is -2.41. The molecule has 2 rings (SSSR count). The number of aromatic carboxylic acids is 1. The molecule has 0 fully saturated rings. The highest BCUT2D eigenvalue weighted by atomic mass is 16.5. The minimum Gasteiger partial charge on any atom is -0.478 e. The van der Waals surface area contributed by atoms with Crippen LogP contribution in [0.15, 0.2) is 29.3 Å². The van der Waals surface area contributed by atoms with Gasteiger partial charge in [0.05, 0.1) is 5.56 Å². The number of carboxylic acids is 1. The van der Waals surface area contributed by atoms with Crippen LogP contribution in [0, 0.1) is 5.92 Å². The molecule has 7 nitrogen and oxygen atoms in total. The number of amidine groups is 1. The third-order valence-corrected chi connectivity index (χ3v) is 3.95. The number of pyridine rings is 1. The SMILES string of the molecule is C=C(C)COc1ccc(C(=O)O)c(C2=NC(C)(C(C)C)C(=O)N2)n1. The van der Waals surface area contributed by atoms with Crippen molar-refractivity contribution >= 4 is 17.7 Å². The second-order valence-electron chi connectivity index (χ2n) is 6.31. The molecule has 1 amide bonds. The van der Waals surface area contributed by atoms with Crippen molar-refractivity contribution in [3.05, 3.63) is 35.5 Å². The van der Waals surface area contributed by atoms with Crippen molar-refractivity contribution in [1.29, 1.82) is 0 Å². The van der Waals surface area contributed by atoms with Crippen LogP contribution in [0.3, 0.4) is 0 Å². The molecule has 1 aromatic rings. The van der Waals surface area contributed by atoms with E-state index in [2.05, 4.69) is 21.9 Å². The third kappa shape index (κ3) is 3.29. The van der Waals surface area contributed by atoms with E-state index in [9.17, 15) is 14.7 Å². The van der Waals surface area contributed by atoms with Gasteiger partial charge in [-0.1, -0.05) is 20.4 Å². The van der Waals surface area contributed by atoms with Crippen molar-refractivity contribution in [2.24, 2.45) is 10.9 Å². The summed E-state index contributed by atoms with van der Waals surface area (Å²) in [5.41, 5.74) is -0.120. The second-order valence-corrected chi connectivity index (χ2v) is 6.31. The largest absolute Gasteiger partial charge is 0.478 e. The smallest absolute Gasteiger partial charge is 0.338 e. The Kier molecular flexibility index (Phi) is 4.73. The van der Waals surface area contributed by atoms with E-state index in [-0.39, 0.29) is 41.4 Å². The van der Waals surface area contributed by atoms with Gasteiger partial charge in [-0.15, -0.1) is 0 Å². The molecule has 0 aromatic carbocycles. The molecular weight excluding hydrogens is 310 g/mol. The van der Waals surface area contributed by atoms with E-state index in [1.54, 1.807) is 6.92 Å². The fraction of sp³-hybridized carbons (Fsp3) is 0.412. The van der Waals surface area contributed by atoms with Gasteiger partial charge in [0.25, 0.3) is 5.91 Å². The topological polar surface area (TPSA) is 101 Å². The first-order chi connectivity index (χ1) is 11.1. The van der Waals surface area contributed by atoms with E-state index >= 15 is 0 Å². The maximum Gasteiger partial charge on any atom is 0.338 e. The van der Waals surface area contributed by atoms with E-state index in [4.69, 9.17) is 4.74 Å². The fourth-order valence-corrected chi connectivity index (χ4v) is 2.12. The van der Waals surface area contributed by atoms with Crippen LogP contribution in [0.2, 0.25) is 0 Å². The Morgan fingerprint density at radius 3 is 2.62 bits per heavy atom.